The molecule has 0 spiro atoms. The van der Waals surface area contributed by atoms with Gasteiger partial charge in [-0.2, -0.15) is 5.10 Å². The highest BCUT2D eigenvalue weighted by atomic mass is 32.2. The van der Waals surface area contributed by atoms with Crippen LogP contribution in [-0.4, -0.2) is 53.3 Å². The summed E-state index contributed by atoms with van der Waals surface area (Å²) in [6.45, 7) is 2.84. The Labute approximate surface area is 119 Å². The number of hydrogen-bond acceptors (Lipinski definition) is 5. The summed E-state index contributed by atoms with van der Waals surface area (Å²) in [5.41, 5.74) is 1.84. The Bertz CT molecular complexity index is 592. The highest BCUT2D eigenvalue weighted by Crippen LogP contribution is 2.40. The van der Waals surface area contributed by atoms with Gasteiger partial charge >= 0.3 is 0 Å². The second-order valence-electron chi connectivity index (χ2n) is 5.97. The molecule has 3 rings (SSSR count). The lowest BCUT2D eigenvalue weighted by Gasteiger charge is -2.27. The van der Waals surface area contributed by atoms with Crippen LogP contribution in [0.5, 0.6) is 0 Å². The summed E-state index contributed by atoms with van der Waals surface area (Å²) in [5, 5.41) is 14.6. The number of nitrogens with zero attached hydrogens (tertiary/aromatic N) is 3. The molecule has 0 amide bonds. The molecular weight excluding hydrogens is 278 g/mol. The Morgan fingerprint density at radius 3 is 2.85 bits per heavy atom. The molecule has 0 radical (unpaired) electrons. The molecule has 1 aromatic rings. The van der Waals surface area contributed by atoms with E-state index in [1.807, 2.05) is 10.7 Å². The van der Waals surface area contributed by atoms with E-state index >= 15 is 0 Å². The molecule has 20 heavy (non-hydrogen) atoms. The predicted molar refractivity (Wildman–Crippen MR) is 74.9 cm³/mol. The van der Waals surface area contributed by atoms with Gasteiger partial charge in [-0.25, -0.2) is 8.42 Å². The van der Waals surface area contributed by atoms with Gasteiger partial charge in [0, 0.05) is 25.9 Å². The number of aliphatic hydroxyl groups excluding tert-OH is 1. The summed E-state index contributed by atoms with van der Waals surface area (Å²) in [6.07, 6.45) is 3.01. The van der Waals surface area contributed by atoms with Crippen molar-refractivity contribution in [3.63, 3.8) is 0 Å². The lowest BCUT2D eigenvalue weighted by Crippen LogP contribution is -2.36. The van der Waals surface area contributed by atoms with Crippen molar-refractivity contribution in [1.29, 1.82) is 0 Å². The normalized spacial score (nSPS) is 21.7. The van der Waals surface area contributed by atoms with Gasteiger partial charge in [-0.05, 0) is 24.8 Å². The zero-order valence-corrected chi connectivity index (χ0v) is 12.5. The first-order valence-electron chi connectivity index (χ1n) is 7.07. The second-order valence-corrected chi connectivity index (χ2v) is 8.23. The second kappa shape index (κ2) is 5.13. The van der Waals surface area contributed by atoms with Gasteiger partial charge < -0.3 is 5.11 Å². The van der Waals surface area contributed by atoms with Crippen LogP contribution in [0.1, 0.15) is 30.3 Å². The number of rotatable bonds is 5. The molecule has 1 aliphatic heterocycles. The number of hydrogen-bond donors (Lipinski definition) is 1. The molecule has 1 atom stereocenters. The van der Waals surface area contributed by atoms with Crippen LogP contribution in [0.3, 0.4) is 0 Å². The highest BCUT2D eigenvalue weighted by Gasteiger charge is 2.33. The van der Waals surface area contributed by atoms with Gasteiger partial charge in [-0.3, -0.25) is 9.58 Å². The van der Waals surface area contributed by atoms with Gasteiger partial charge in [-0.1, -0.05) is 0 Å². The fourth-order valence-electron chi connectivity index (χ4n) is 2.63. The summed E-state index contributed by atoms with van der Waals surface area (Å²) < 4.78 is 24.4. The summed E-state index contributed by atoms with van der Waals surface area (Å²) in [7, 11) is -2.92. The van der Waals surface area contributed by atoms with E-state index in [1.54, 1.807) is 0 Å². The number of fused-ring (bicyclic) bond motifs is 1. The molecule has 1 aliphatic carbocycles. The Morgan fingerprint density at radius 1 is 1.45 bits per heavy atom. The smallest absolute Gasteiger partial charge is 0.148 e. The van der Waals surface area contributed by atoms with Crippen LogP contribution in [0.2, 0.25) is 0 Å². The molecule has 1 fully saturated rings. The standard InChI is InChI=1S/C13H21N3O3S/c1-20(18,19)7-6-15-4-5-16-11(9-15)8-12(14-16)13(17)10-2-3-10/h8,10,13,17H,2-7,9H2,1H3. The maximum Gasteiger partial charge on any atom is 0.148 e. The number of aliphatic hydroxyl groups is 1. The molecule has 1 aromatic heterocycles. The SMILES string of the molecule is CS(=O)(=O)CCN1CCn2nc(C(O)C3CC3)cc2C1. The first-order chi connectivity index (χ1) is 9.42. The third-order valence-electron chi connectivity index (χ3n) is 4.05. The predicted octanol–water partition coefficient (Wildman–Crippen LogP) is 0.187. The van der Waals surface area contributed by atoms with Gasteiger partial charge in [0.2, 0.25) is 0 Å². The van der Waals surface area contributed by atoms with E-state index in [4.69, 9.17) is 0 Å². The van der Waals surface area contributed by atoms with E-state index in [-0.39, 0.29) is 5.75 Å². The molecule has 2 heterocycles. The van der Waals surface area contributed by atoms with Crippen molar-refractivity contribution in [3.05, 3.63) is 17.5 Å². The Hall–Kier alpha value is -0.920. The number of sulfone groups is 1. The molecule has 0 bridgehead atoms. The average Bonchev–Trinajstić information content (AvgIpc) is 3.13. The van der Waals surface area contributed by atoms with E-state index < -0.39 is 15.9 Å². The van der Waals surface area contributed by atoms with Crippen LogP contribution in [0.15, 0.2) is 6.07 Å². The molecular formula is C13H21N3O3S. The number of aromatic nitrogens is 2. The van der Waals surface area contributed by atoms with E-state index in [9.17, 15) is 13.5 Å². The lowest BCUT2D eigenvalue weighted by molar-refractivity contribution is 0.147. The van der Waals surface area contributed by atoms with Crippen molar-refractivity contribution in [2.24, 2.45) is 5.92 Å². The van der Waals surface area contributed by atoms with Crippen molar-refractivity contribution in [2.45, 2.75) is 32.0 Å². The molecule has 6 nitrogen and oxygen atoms in total. The zero-order valence-electron chi connectivity index (χ0n) is 11.7. The van der Waals surface area contributed by atoms with E-state index in [2.05, 4.69) is 10.00 Å². The van der Waals surface area contributed by atoms with Crippen LogP contribution < -0.4 is 0 Å². The quantitative estimate of drug-likeness (QED) is 0.840. The minimum absolute atomic E-state index is 0.193. The molecule has 0 aromatic carbocycles. The molecule has 7 heteroatoms. The van der Waals surface area contributed by atoms with Crippen LogP contribution in [0.25, 0.3) is 0 Å². The maximum atomic E-state index is 11.2. The van der Waals surface area contributed by atoms with Crippen LogP contribution in [-0.2, 0) is 22.9 Å². The van der Waals surface area contributed by atoms with Gasteiger partial charge in [0.1, 0.15) is 15.9 Å². The van der Waals surface area contributed by atoms with Crippen molar-refractivity contribution < 1.29 is 13.5 Å². The minimum Gasteiger partial charge on any atom is -0.386 e. The molecule has 112 valence electrons. The third-order valence-corrected chi connectivity index (χ3v) is 4.97. The van der Waals surface area contributed by atoms with E-state index in [0.29, 0.717) is 19.0 Å². The summed E-state index contributed by atoms with van der Waals surface area (Å²) >= 11 is 0. The fraction of sp³-hybridized carbons (Fsp3) is 0.769. The average molecular weight is 299 g/mol. The van der Waals surface area contributed by atoms with E-state index in [1.165, 1.54) is 6.26 Å². The molecule has 2 aliphatic rings. The van der Waals surface area contributed by atoms with Gasteiger partial charge in [0.25, 0.3) is 0 Å². The Kier molecular flexibility index (Phi) is 3.60. The van der Waals surface area contributed by atoms with Crippen LogP contribution in [0, 0.1) is 5.92 Å². The van der Waals surface area contributed by atoms with Gasteiger partial charge in [0.15, 0.2) is 0 Å². The van der Waals surface area contributed by atoms with Crippen molar-refractivity contribution in [3.8, 4) is 0 Å². The monoisotopic (exact) mass is 299 g/mol. The zero-order chi connectivity index (χ0) is 14.3. The first-order valence-corrected chi connectivity index (χ1v) is 9.13. The minimum atomic E-state index is -2.92. The third kappa shape index (κ3) is 3.21. The van der Waals surface area contributed by atoms with Gasteiger partial charge in [0.05, 0.1) is 23.7 Å². The molecule has 1 N–H and O–H groups in total. The van der Waals surface area contributed by atoms with Crippen molar-refractivity contribution >= 4 is 9.84 Å². The van der Waals surface area contributed by atoms with Crippen LogP contribution >= 0.6 is 0 Å². The highest BCUT2D eigenvalue weighted by molar-refractivity contribution is 7.90. The van der Waals surface area contributed by atoms with Crippen molar-refractivity contribution in [2.75, 3.05) is 25.1 Å². The van der Waals surface area contributed by atoms with Crippen LogP contribution in [0.4, 0.5) is 0 Å². The Morgan fingerprint density at radius 2 is 2.20 bits per heavy atom. The molecule has 0 saturated heterocycles. The lowest BCUT2D eigenvalue weighted by atomic mass is 10.1. The van der Waals surface area contributed by atoms with Crippen molar-refractivity contribution in [1.82, 2.24) is 14.7 Å². The molecule has 1 unspecified atom stereocenters. The Balaban J connectivity index is 1.65. The summed E-state index contributed by atoms with van der Waals surface area (Å²) in [6, 6.07) is 1.97. The fourth-order valence-corrected chi connectivity index (χ4v) is 3.22. The summed E-state index contributed by atoms with van der Waals surface area (Å²) in [4.78, 5) is 2.13. The first kappa shape index (κ1) is 14.0. The summed E-state index contributed by atoms with van der Waals surface area (Å²) in [5.74, 6) is 0.576. The van der Waals surface area contributed by atoms with E-state index in [0.717, 1.165) is 37.3 Å². The molecule has 1 saturated carbocycles. The largest absolute Gasteiger partial charge is 0.386 e. The maximum absolute atomic E-state index is 11.2. The topological polar surface area (TPSA) is 75.4 Å². The van der Waals surface area contributed by atoms with Gasteiger partial charge in [-0.15, -0.1) is 0 Å².